The Hall–Kier alpha value is -2.78. The van der Waals surface area contributed by atoms with Gasteiger partial charge in [-0.2, -0.15) is 0 Å². The normalized spacial score (nSPS) is 27.7. The van der Waals surface area contributed by atoms with Gasteiger partial charge < -0.3 is 9.84 Å². The molecular weight excluding hydrogens is 284 g/mol. The number of aliphatic hydroxyl groups is 1. The summed E-state index contributed by atoms with van der Waals surface area (Å²) in [6, 6.07) is 0.0604. The summed E-state index contributed by atoms with van der Waals surface area (Å²) in [5, 5.41) is 16.8. The maximum atomic E-state index is 11.7. The lowest BCUT2D eigenvalue weighted by Gasteiger charge is -2.16. The van der Waals surface area contributed by atoms with Crippen LogP contribution >= 0.6 is 0 Å². The third-order valence-electron chi connectivity index (χ3n) is 2.97. The predicted molar refractivity (Wildman–Crippen MR) is 68.2 cm³/mol. The summed E-state index contributed by atoms with van der Waals surface area (Å²) in [5.74, 6) is 0. The van der Waals surface area contributed by atoms with Gasteiger partial charge >= 0.3 is 5.69 Å². The summed E-state index contributed by atoms with van der Waals surface area (Å²) in [6.45, 7) is -0.175. The van der Waals surface area contributed by atoms with Crippen LogP contribution in [-0.4, -0.2) is 39.5 Å². The van der Waals surface area contributed by atoms with Crippen LogP contribution in [0, 0.1) is 0 Å². The van der Waals surface area contributed by atoms with Crippen molar-refractivity contribution >= 4 is 0 Å². The summed E-state index contributed by atoms with van der Waals surface area (Å²) in [4.78, 5) is 29.9. The van der Waals surface area contributed by atoms with Crippen LogP contribution in [0.15, 0.2) is 32.1 Å². The molecule has 0 bridgehead atoms. The van der Waals surface area contributed by atoms with Gasteiger partial charge in [0.25, 0.3) is 5.56 Å². The van der Waals surface area contributed by atoms with Crippen molar-refractivity contribution in [2.45, 2.75) is 24.5 Å². The molecule has 21 heavy (non-hydrogen) atoms. The number of H-pyrrole nitrogens is 1. The Morgan fingerprint density at radius 3 is 2.81 bits per heavy atom. The van der Waals surface area contributed by atoms with E-state index in [4.69, 9.17) is 15.8 Å². The number of rotatable bonds is 4. The van der Waals surface area contributed by atoms with Crippen molar-refractivity contribution in [3.05, 3.63) is 54.0 Å². The minimum atomic E-state index is -1.33. The fourth-order valence-electron chi connectivity index (χ4n) is 2.06. The summed E-state index contributed by atoms with van der Waals surface area (Å²) >= 11 is 0. The lowest BCUT2D eigenvalue weighted by molar-refractivity contribution is -0.0371. The molecule has 0 radical (unpaired) electrons. The van der Waals surface area contributed by atoms with Crippen LogP contribution in [-0.2, 0) is 4.74 Å². The van der Waals surface area contributed by atoms with Crippen molar-refractivity contribution < 1.29 is 9.84 Å². The minimum Gasteiger partial charge on any atom is -0.388 e. The van der Waals surface area contributed by atoms with E-state index in [2.05, 4.69) is 20.1 Å². The van der Waals surface area contributed by atoms with Crippen LogP contribution in [0.4, 0.5) is 0 Å². The number of hydrogen-bond acceptors (Lipinski definition) is 6. The van der Waals surface area contributed by atoms with E-state index in [0.717, 1.165) is 16.8 Å². The van der Waals surface area contributed by atoms with E-state index in [-0.39, 0.29) is 6.54 Å². The first-order chi connectivity index (χ1) is 10.1. The maximum absolute atomic E-state index is 11.7. The van der Waals surface area contributed by atoms with E-state index in [1.165, 1.54) is 0 Å². The first-order valence-electron chi connectivity index (χ1n) is 5.78. The molecule has 2 N–H and O–H groups in total. The van der Waals surface area contributed by atoms with Crippen molar-refractivity contribution in [3.8, 4) is 0 Å². The van der Waals surface area contributed by atoms with Gasteiger partial charge in [0.05, 0.1) is 18.7 Å². The molecule has 1 aromatic rings. The standard InChI is InChI=1S/C9H10N8O4/c10-15-12-3-4-6(14-16-11)7(19)8(21-4)17-2-1-5(18)13-9(17)20/h1-2,4,6-8,19H,3H2,(H,13,18,20)/t4-,6-,7+,8-/m1/s1. The minimum absolute atomic E-state index is 0.175. The van der Waals surface area contributed by atoms with Crippen LogP contribution in [0.1, 0.15) is 6.23 Å². The van der Waals surface area contributed by atoms with E-state index < -0.39 is 35.7 Å². The molecule has 110 valence electrons. The largest absolute Gasteiger partial charge is 0.388 e. The molecule has 12 nitrogen and oxygen atoms in total. The fourth-order valence-corrected chi connectivity index (χ4v) is 2.06. The first kappa shape index (κ1) is 14.6. The summed E-state index contributed by atoms with van der Waals surface area (Å²) < 4.78 is 6.37. The second-order valence-corrected chi connectivity index (χ2v) is 4.18. The van der Waals surface area contributed by atoms with Gasteiger partial charge in [0.2, 0.25) is 0 Å². The second kappa shape index (κ2) is 6.11. The van der Waals surface area contributed by atoms with Gasteiger partial charge in [0, 0.05) is 22.1 Å². The average molecular weight is 294 g/mol. The molecule has 0 saturated carbocycles. The molecular formula is C9H10N8O4. The smallest absolute Gasteiger partial charge is 0.330 e. The molecule has 1 aromatic heterocycles. The highest BCUT2D eigenvalue weighted by molar-refractivity contribution is 4.97. The molecule has 0 amide bonds. The highest BCUT2D eigenvalue weighted by Gasteiger charge is 2.44. The van der Waals surface area contributed by atoms with Crippen molar-refractivity contribution in [2.24, 2.45) is 10.2 Å². The van der Waals surface area contributed by atoms with Crippen molar-refractivity contribution in [2.75, 3.05) is 6.54 Å². The number of nitrogens with one attached hydrogen (secondary N) is 1. The summed E-state index contributed by atoms with van der Waals surface area (Å²) in [6.07, 6.45) is -2.22. The molecule has 2 heterocycles. The van der Waals surface area contributed by atoms with Crippen molar-refractivity contribution in [1.29, 1.82) is 0 Å². The quantitative estimate of drug-likeness (QED) is 0.442. The summed E-state index contributed by atoms with van der Waals surface area (Å²) in [5.41, 5.74) is 15.4. The number of aliphatic hydroxyl groups excluding tert-OH is 1. The van der Waals surface area contributed by atoms with Gasteiger partial charge in [-0.15, -0.1) is 0 Å². The average Bonchev–Trinajstić information content (AvgIpc) is 2.75. The third kappa shape index (κ3) is 2.88. The number of ether oxygens (including phenoxy) is 1. The van der Waals surface area contributed by atoms with Crippen LogP contribution in [0.2, 0.25) is 0 Å². The zero-order valence-electron chi connectivity index (χ0n) is 10.5. The molecule has 2 rings (SSSR count). The molecule has 0 unspecified atom stereocenters. The molecule has 0 aliphatic carbocycles. The topological polar surface area (TPSA) is 182 Å². The van der Waals surface area contributed by atoms with Gasteiger partial charge in [-0.05, 0) is 11.1 Å². The number of aromatic nitrogens is 2. The van der Waals surface area contributed by atoms with E-state index in [0.29, 0.717) is 0 Å². The molecule has 0 aromatic carbocycles. The summed E-state index contributed by atoms with van der Waals surface area (Å²) in [7, 11) is 0. The number of azide groups is 2. The Labute approximate surface area is 115 Å². The van der Waals surface area contributed by atoms with Crippen LogP contribution < -0.4 is 11.2 Å². The van der Waals surface area contributed by atoms with Gasteiger partial charge in [-0.1, -0.05) is 10.2 Å². The molecule has 1 aliphatic heterocycles. The molecule has 1 aliphatic rings. The molecule has 1 saturated heterocycles. The van der Waals surface area contributed by atoms with Gasteiger partial charge in [0.1, 0.15) is 6.10 Å². The number of nitrogens with zero attached hydrogens (tertiary/aromatic N) is 7. The Kier molecular flexibility index (Phi) is 4.26. The Morgan fingerprint density at radius 1 is 1.43 bits per heavy atom. The molecule has 12 heteroatoms. The lowest BCUT2D eigenvalue weighted by atomic mass is 10.1. The van der Waals surface area contributed by atoms with E-state index in [9.17, 15) is 14.7 Å². The van der Waals surface area contributed by atoms with Crippen LogP contribution in [0.3, 0.4) is 0 Å². The van der Waals surface area contributed by atoms with Crippen LogP contribution in [0.5, 0.6) is 0 Å². The Morgan fingerprint density at radius 2 is 2.19 bits per heavy atom. The van der Waals surface area contributed by atoms with Crippen molar-refractivity contribution in [1.82, 2.24) is 9.55 Å². The Balaban J connectivity index is 2.37. The molecule has 1 fully saturated rings. The highest BCUT2D eigenvalue weighted by atomic mass is 16.5. The molecule has 0 spiro atoms. The van der Waals surface area contributed by atoms with Gasteiger partial charge in [-0.25, -0.2) is 4.79 Å². The zero-order chi connectivity index (χ0) is 15.4. The van der Waals surface area contributed by atoms with Gasteiger partial charge in [0.15, 0.2) is 6.23 Å². The fraction of sp³-hybridized carbons (Fsp3) is 0.556. The Bertz CT molecular complexity index is 728. The van der Waals surface area contributed by atoms with E-state index in [1.807, 2.05) is 4.98 Å². The third-order valence-corrected chi connectivity index (χ3v) is 2.97. The lowest BCUT2D eigenvalue weighted by Crippen LogP contribution is -2.37. The second-order valence-electron chi connectivity index (χ2n) is 4.18. The number of aromatic amines is 1. The van der Waals surface area contributed by atoms with E-state index >= 15 is 0 Å². The van der Waals surface area contributed by atoms with E-state index in [1.54, 1.807) is 0 Å². The highest BCUT2D eigenvalue weighted by Crippen LogP contribution is 2.30. The van der Waals surface area contributed by atoms with Crippen molar-refractivity contribution in [3.63, 3.8) is 0 Å². The zero-order valence-corrected chi connectivity index (χ0v) is 10.5. The van der Waals surface area contributed by atoms with Crippen LogP contribution in [0.25, 0.3) is 20.9 Å². The number of hydrogen-bond donors (Lipinski definition) is 2. The maximum Gasteiger partial charge on any atom is 0.330 e. The van der Waals surface area contributed by atoms with Gasteiger partial charge in [-0.3, -0.25) is 14.3 Å². The predicted octanol–water partition coefficient (Wildman–Crippen LogP) is -0.216. The molecule has 4 atom stereocenters. The first-order valence-corrected chi connectivity index (χ1v) is 5.78. The SMILES string of the molecule is [N-]=[N+]=NC[C@H]1O[C@@H](n2ccc(=O)[nH]c2=O)[C@@H](O)[C@@H]1N=[N+]=[N-]. The monoisotopic (exact) mass is 294 g/mol.